The Bertz CT molecular complexity index is 875. The third-order valence-corrected chi connectivity index (χ3v) is 4.06. The minimum atomic E-state index is -0.285. The van der Waals surface area contributed by atoms with Crippen LogP contribution in [0.25, 0.3) is 12.2 Å². The van der Waals surface area contributed by atoms with Crippen LogP contribution in [0.2, 0.25) is 0 Å². The monoisotopic (exact) mass is 412 g/mol. The van der Waals surface area contributed by atoms with E-state index in [1.807, 2.05) is 0 Å². The maximum Gasteiger partial charge on any atom is 0.243 e. The first-order valence-corrected chi connectivity index (χ1v) is 9.31. The second-order valence-corrected chi connectivity index (χ2v) is 6.45. The first kappa shape index (κ1) is 22.4. The normalized spacial score (nSPS) is 11.1. The standard InChI is InChI=1S/C22H24N2O6/c25-17-7-3-15(13-19(17)27)5-9-21(29)23-11-1-2-12-24-22(30)10-6-16-4-8-18(26)20(28)14-16/h3-10,13-14,25-28H,1-2,11-12H2,(H,23,29)(H,24,30)/b9-5+,10-6+. The summed E-state index contributed by atoms with van der Waals surface area (Å²) >= 11 is 0. The van der Waals surface area contributed by atoms with E-state index < -0.39 is 0 Å². The van der Waals surface area contributed by atoms with Crippen LogP contribution < -0.4 is 10.6 Å². The number of carbonyl (C=O) groups is 2. The highest BCUT2D eigenvalue weighted by molar-refractivity contribution is 5.92. The summed E-state index contributed by atoms with van der Waals surface area (Å²) in [5.41, 5.74) is 1.16. The van der Waals surface area contributed by atoms with Gasteiger partial charge in [-0.15, -0.1) is 0 Å². The summed E-state index contributed by atoms with van der Waals surface area (Å²) < 4.78 is 0. The average molecular weight is 412 g/mol. The Hall–Kier alpha value is -3.94. The third kappa shape index (κ3) is 7.59. The average Bonchev–Trinajstić information content (AvgIpc) is 2.72. The maximum absolute atomic E-state index is 11.8. The fourth-order valence-corrected chi connectivity index (χ4v) is 2.42. The number of benzene rings is 2. The molecule has 0 bridgehead atoms. The Morgan fingerprint density at radius 2 is 1.07 bits per heavy atom. The van der Waals surface area contributed by atoms with Crippen LogP contribution in [0.4, 0.5) is 0 Å². The van der Waals surface area contributed by atoms with Gasteiger partial charge in [0.2, 0.25) is 11.8 Å². The molecule has 0 aliphatic rings. The fraction of sp³-hybridized carbons (Fsp3) is 0.182. The van der Waals surface area contributed by atoms with Crippen molar-refractivity contribution in [3.05, 3.63) is 59.7 Å². The molecule has 6 N–H and O–H groups in total. The number of rotatable bonds is 9. The lowest BCUT2D eigenvalue weighted by molar-refractivity contribution is -0.117. The molecular formula is C22H24N2O6. The molecule has 0 saturated carbocycles. The summed E-state index contributed by atoms with van der Waals surface area (Å²) in [5, 5.41) is 42.7. The van der Waals surface area contributed by atoms with Crippen LogP contribution in [-0.4, -0.2) is 45.3 Å². The lowest BCUT2D eigenvalue weighted by atomic mass is 10.2. The van der Waals surface area contributed by atoms with Gasteiger partial charge in [0.05, 0.1) is 0 Å². The number of carbonyl (C=O) groups excluding carboxylic acids is 2. The molecule has 2 aromatic rings. The molecule has 0 spiro atoms. The Labute approximate surface area is 173 Å². The molecule has 2 aromatic carbocycles. The van der Waals surface area contributed by atoms with E-state index in [1.54, 1.807) is 12.1 Å². The van der Waals surface area contributed by atoms with E-state index in [1.165, 1.54) is 48.6 Å². The molecule has 8 heteroatoms. The minimum Gasteiger partial charge on any atom is -0.504 e. The topological polar surface area (TPSA) is 139 Å². The number of amides is 2. The molecular weight excluding hydrogens is 388 g/mol. The van der Waals surface area contributed by atoms with Crippen molar-refractivity contribution in [2.75, 3.05) is 13.1 Å². The second kappa shape index (κ2) is 11.2. The molecule has 30 heavy (non-hydrogen) atoms. The number of phenolic OH excluding ortho intramolecular Hbond substituents is 4. The largest absolute Gasteiger partial charge is 0.504 e. The predicted molar refractivity (Wildman–Crippen MR) is 113 cm³/mol. The number of hydrogen-bond donors (Lipinski definition) is 6. The number of unbranched alkanes of at least 4 members (excludes halogenated alkanes) is 1. The van der Waals surface area contributed by atoms with Crippen molar-refractivity contribution in [2.45, 2.75) is 12.8 Å². The number of aromatic hydroxyl groups is 4. The SMILES string of the molecule is O=C(/C=C/c1ccc(O)c(O)c1)NCCCCNC(=O)/C=C/c1ccc(O)c(O)c1. The summed E-state index contributed by atoms with van der Waals surface area (Å²) in [6.07, 6.45) is 7.06. The van der Waals surface area contributed by atoms with E-state index >= 15 is 0 Å². The van der Waals surface area contributed by atoms with E-state index in [2.05, 4.69) is 10.6 Å². The van der Waals surface area contributed by atoms with Crippen LogP contribution in [0.1, 0.15) is 24.0 Å². The van der Waals surface area contributed by atoms with E-state index in [0.717, 1.165) is 0 Å². The zero-order valence-corrected chi connectivity index (χ0v) is 16.2. The van der Waals surface area contributed by atoms with Crippen molar-refractivity contribution < 1.29 is 30.0 Å². The molecule has 0 radical (unpaired) electrons. The van der Waals surface area contributed by atoms with Crippen molar-refractivity contribution in [3.8, 4) is 23.0 Å². The van der Waals surface area contributed by atoms with Gasteiger partial charge in [-0.3, -0.25) is 9.59 Å². The molecule has 8 nitrogen and oxygen atoms in total. The highest BCUT2D eigenvalue weighted by atomic mass is 16.3. The van der Waals surface area contributed by atoms with Crippen molar-refractivity contribution in [1.82, 2.24) is 10.6 Å². The van der Waals surface area contributed by atoms with Crippen LogP contribution in [-0.2, 0) is 9.59 Å². The second-order valence-electron chi connectivity index (χ2n) is 6.45. The van der Waals surface area contributed by atoms with Crippen LogP contribution in [0.15, 0.2) is 48.6 Å². The maximum atomic E-state index is 11.8. The smallest absolute Gasteiger partial charge is 0.243 e. The number of phenols is 4. The van der Waals surface area contributed by atoms with Gasteiger partial charge in [0.15, 0.2) is 23.0 Å². The highest BCUT2D eigenvalue weighted by Crippen LogP contribution is 2.26. The quantitative estimate of drug-likeness (QED) is 0.212. The molecule has 2 amide bonds. The van der Waals surface area contributed by atoms with Gasteiger partial charge in [0.1, 0.15) is 0 Å². The Kier molecular flexibility index (Phi) is 8.31. The van der Waals surface area contributed by atoms with Gasteiger partial charge in [-0.2, -0.15) is 0 Å². The number of nitrogens with one attached hydrogen (secondary N) is 2. The van der Waals surface area contributed by atoms with Crippen molar-refractivity contribution in [2.24, 2.45) is 0 Å². The van der Waals surface area contributed by atoms with Gasteiger partial charge >= 0.3 is 0 Å². The first-order valence-electron chi connectivity index (χ1n) is 9.31. The highest BCUT2D eigenvalue weighted by Gasteiger charge is 2.01. The zero-order valence-electron chi connectivity index (χ0n) is 16.2. The molecule has 0 aliphatic carbocycles. The van der Waals surface area contributed by atoms with Gasteiger partial charge in [-0.1, -0.05) is 12.1 Å². The summed E-state index contributed by atoms with van der Waals surface area (Å²) in [6, 6.07) is 8.51. The van der Waals surface area contributed by atoms with Crippen molar-refractivity contribution >= 4 is 24.0 Å². The molecule has 0 aromatic heterocycles. The van der Waals surface area contributed by atoms with Crippen LogP contribution in [0.3, 0.4) is 0 Å². The van der Waals surface area contributed by atoms with E-state index in [9.17, 15) is 30.0 Å². The summed E-state index contributed by atoms with van der Waals surface area (Å²) in [5.74, 6) is -1.53. The van der Waals surface area contributed by atoms with Crippen LogP contribution in [0, 0.1) is 0 Å². The molecule has 0 fully saturated rings. The fourth-order valence-electron chi connectivity index (χ4n) is 2.42. The van der Waals surface area contributed by atoms with Gasteiger partial charge in [-0.05, 0) is 60.4 Å². The first-order chi connectivity index (χ1) is 14.3. The van der Waals surface area contributed by atoms with E-state index in [0.29, 0.717) is 37.1 Å². The van der Waals surface area contributed by atoms with Gasteiger partial charge in [-0.25, -0.2) is 0 Å². The molecule has 2 rings (SSSR count). The molecule has 0 saturated heterocycles. The van der Waals surface area contributed by atoms with Crippen molar-refractivity contribution in [3.63, 3.8) is 0 Å². The van der Waals surface area contributed by atoms with E-state index in [4.69, 9.17) is 0 Å². The molecule has 0 aliphatic heterocycles. The lowest BCUT2D eigenvalue weighted by Crippen LogP contribution is -2.25. The lowest BCUT2D eigenvalue weighted by Gasteiger charge is -2.04. The Morgan fingerprint density at radius 1 is 0.667 bits per heavy atom. The van der Waals surface area contributed by atoms with Crippen LogP contribution in [0.5, 0.6) is 23.0 Å². The zero-order chi connectivity index (χ0) is 21.9. The predicted octanol–water partition coefficient (Wildman–Crippen LogP) is 2.25. The number of hydrogen-bond acceptors (Lipinski definition) is 6. The summed E-state index contributed by atoms with van der Waals surface area (Å²) in [7, 11) is 0. The van der Waals surface area contributed by atoms with Crippen molar-refractivity contribution in [1.29, 1.82) is 0 Å². The van der Waals surface area contributed by atoms with Gasteiger partial charge < -0.3 is 31.1 Å². The molecule has 0 atom stereocenters. The molecule has 0 unspecified atom stereocenters. The molecule has 158 valence electrons. The summed E-state index contributed by atoms with van der Waals surface area (Å²) in [6.45, 7) is 0.894. The van der Waals surface area contributed by atoms with E-state index in [-0.39, 0.29) is 34.8 Å². The minimum absolute atomic E-state index is 0.223. The van der Waals surface area contributed by atoms with Crippen LogP contribution >= 0.6 is 0 Å². The van der Waals surface area contributed by atoms with Gasteiger partial charge in [0, 0.05) is 25.2 Å². The summed E-state index contributed by atoms with van der Waals surface area (Å²) in [4.78, 5) is 23.5. The third-order valence-electron chi connectivity index (χ3n) is 4.06. The van der Waals surface area contributed by atoms with Gasteiger partial charge in [0.25, 0.3) is 0 Å². The molecule has 0 heterocycles. The Balaban J connectivity index is 1.60. The Morgan fingerprint density at radius 3 is 1.43 bits per heavy atom.